The van der Waals surface area contributed by atoms with E-state index in [-0.39, 0.29) is 34.7 Å². The summed E-state index contributed by atoms with van der Waals surface area (Å²) in [6, 6.07) is 11.4. The van der Waals surface area contributed by atoms with Crippen molar-refractivity contribution in [2.75, 3.05) is 37.5 Å². The number of aromatic carboxylic acids is 1. The van der Waals surface area contributed by atoms with Crippen LogP contribution in [0, 0.1) is 23.2 Å². The number of ether oxygens (including phenoxy) is 2. The Balaban J connectivity index is 1.44. The van der Waals surface area contributed by atoms with Gasteiger partial charge in [-0.2, -0.15) is 0 Å². The minimum Gasteiger partial charge on any atom is -0.490 e. The number of rotatable bonds is 10. The van der Waals surface area contributed by atoms with Crippen LogP contribution in [-0.4, -0.2) is 58.2 Å². The summed E-state index contributed by atoms with van der Waals surface area (Å²) < 4.78 is 36.4. The van der Waals surface area contributed by atoms with Gasteiger partial charge in [-0.15, -0.1) is 0 Å². The van der Waals surface area contributed by atoms with Crippen molar-refractivity contribution in [1.29, 1.82) is 0 Å². The summed E-state index contributed by atoms with van der Waals surface area (Å²) in [5.41, 5.74) is 3.89. The highest BCUT2D eigenvalue weighted by Crippen LogP contribution is 2.47. The average molecular weight is 659 g/mol. The molecule has 246 valence electrons. The molecule has 1 heterocycles. The fourth-order valence-corrected chi connectivity index (χ4v) is 9.31. The van der Waals surface area contributed by atoms with Crippen LogP contribution in [0.1, 0.15) is 74.9 Å². The normalized spacial score (nSPS) is 25.0. The van der Waals surface area contributed by atoms with Crippen LogP contribution in [0.5, 0.6) is 5.75 Å². The van der Waals surface area contributed by atoms with E-state index in [0.29, 0.717) is 24.8 Å². The number of carbonyl (C=O) groups is 1. The number of methoxy groups -OCH3 is 1. The fraction of sp³-hybridized carbons (Fsp3) is 0.571. The first-order valence-corrected chi connectivity index (χ1v) is 18.0. The van der Waals surface area contributed by atoms with Gasteiger partial charge in [0.2, 0.25) is 10.0 Å². The number of nitrogens with zero attached hydrogens (tertiary/aromatic N) is 1. The van der Waals surface area contributed by atoms with E-state index < -0.39 is 21.4 Å². The second-order valence-electron chi connectivity index (χ2n) is 14.2. The van der Waals surface area contributed by atoms with Gasteiger partial charge in [0, 0.05) is 30.6 Å². The summed E-state index contributed by atoms with van der Waals surface area (Å²) in [5, 5.41) is 16.0. The van der Waals surface area contributed by atoms with Crippen molar-refractivity contribution in [3.05, 3.63) is 69.8 Å². The zero-order valence-corrected chi connectivity index (χ0v) is 28.6. The first kappa shape index (κ1) is 33.8. The molecule has 2 aliphatic carbocycles. The number of carboxylic acids is 1. The molecule has 0 amide bonds. The molecule has 5 rings (SSSR count). The summed E-state index contributed by atoms with van der Waals surface area (Å²) in [7, 11) is -1.87. The van der Waals surface area contributed by atoms with E-state index in [0.717, 1.165) is 54.9 Å². The van der Waals surface area contributed by atoms with Gasteiger partial charge in [0.25, 0.3) is 0 Å². The molecule has 1 spiro atoms. The molecule has 10 heteroatoms. The maximum atomic E-state index is 12.0. The van der Waals surface area contributed by atoms with Gasteiger partial charge in [0.15, 0.2) is 0 Å². The second kappa shape index (κ2) is 12.9. The molecule has 0 bridgehead atoms. The number of nitrogens with two attached hydrogens (primary N) is 1. The predicted octanol–water partition coefficient (Wildman–Crippen LogP) is 6.45. The second-order valence-corrected chi connectivity index (χ2v) is 16.3. The number of sulfonamides is 1. The number of benzene rings is 2. The highest BCUT2D eigenvalue weighted by molar-refractivity contribution is 7.89. The Morgan fingerprint density at radius 3 is 2.67 bits per heavy atom. The van der Waals surface area contributed by atoms with Crippen molar-refractivity contribution < 1.29 is 27.8 Å². The molecule has 3 N–H and O–H groups in total. The van der Waals surface area contributed by atoms with Crippen LogP contribution in [0.15, 0.2) is 48.0 Å². The van der Waals surface area contributed by atoms with E-state index in [1.807, 2.05) is 26.8 Å². The third-order valence-electron chi connectivity index (χ3n) is 10.6. The molecule has 1 unspecified atom stereocenters. The van der Waals surface area contributed by atoms with Gasteiger partial charge in [-0.05, 0) is 109 Å². The van der Waals surface area contributed by atoms with Crippen molar-refractivity contribution in [2.24, 2.45) is 28.3 Å². The molecule has 45 heavy (non-hydrogen) atoms. The number of allylic oxidation sites excluding steroid dienone is 1. The van der Waals surface area contributed by atoms with Gasteiger partial charge in [-0.25, -0.2) is 18.4 Å². The minimum atomic E-state index is -3.61. The topological polar surface area (TPSA) is 119 Å². The molecular formula is C35H47ClN2O6S. The average Bonchev–Trinajstić information content (AvgIpc) is 3.09. The molecule has 0 radical (unpaired) electrons. The maximum absolute atomic E-state index is 12.0. The van der Waals surface area contributed by atoms with Crippen LogP contribution in [0.3, 0.4) is 0 Å². The Morgan fingerprint density at radius 2 is 2.02 bits per heavy atom. The number of halogens is 1. The van der Waals surface area contributed by atoms with E-state index in [1.54, 1.807) is 25.3 Å². The molecule has 8 nitrogen and oxygen atoms in total. The summed E-state index contributed by atoms with van der Waals surface area (Å²) >= 11 is 6.40. The number of anilines is 1. The number of carboxylic acid groups (broad SMARTS) is 1. The standard InChI is InChI=1S/C35H47ClN2O6S/c1-22(15-23(2)34(3,4)21-45(37,41)42)32(43-5)28-11-8-26(28)18-38-19-35(14-6-7-24-16-27(36)10-12-29(24)35)20-44-31-13-9-25(33(39)40)17-30(31)38/h9-10,12-13,15-17,23,26,28,32H,6-8,11,14,18-21H2,1-5H3,(H,39,40)(H2,37,41,42)/b22-15+/t23?,26-,28+,32+,35-/m0/s1. The molecule has 1 saturated carbocycles. The zero-order valence-electron chi connectivity index (χ0n) is 27.0. The molecule has 1 aliphatic heterocycles. The zero-order chi connectivity index (χ0) is 32.7. The molecule has 2 aromatic rings. The quantitative estimate of drug-likeness (QED) is 0.282. The first-order valence-electron chi connectivity index (χ1n) is 15.9. The maximum Gasteiger partial charge on any atom is 0.335 e. The lowest BCUT2D eigenvalue weighted by molar-refractivity contribution is 0.00579. The highest BCUT2D eigenvalue weighted by atomic mass is 35.5. The Labute approximate surface area is 273 Å². The molecule has 5 atom stereocenters. The van der Waals surface area contributed by atoms with Gasteiger partial charge >= 0.3 is 5.97 Å². The van der Waals surface area contributed by atoms with Gasteiger partial charge in [0.05, 0.1) is 29.7 Å². The van der Waals surface area contributed by atoms with Crippen LogP contribution in [-0.2, 0) is 26.6 Å². The van der Waals surface area contributed by atoms with E-state index in [1.165, 1.54) is 11.1 Å². The molecular weight excluding hydrogens is 612 g/mol. The number of fused-ring (bicyclic) bond motifs is 3. The van der Waals surface area contributed by atoms with Crippen molar-refractivity contribution >= 4 is 33.3 Å². The van der Waals surface area contributed by atoms with E-state index in [2.05, 4.69) is 30.0 Å². The Morgan fingerprint density at radius 1 is 1.27 bits per heavy atom. The summed E-state index contributed by atoms with van der Waals surface area (Å²) in [5.74, 6) is 0.199. The summed E-state index contributed by atoms with van der Waals surface area (Å²) in [4.78, 5) is 14.4. The van der Waals surface area contributed by atoms with Gasteiger partial charge in [-0.3, -0.25) is 0 Å². The summed E-state index contributed by atoms with van der Waals surface area (Å²) in [6.07, 6.45) is 7.06. The van der Waals surface area contributed by atoms with E-state index in [4.69, 9.17) is 26.2 Å². The highest BCUT2D eigenvalue weighted by Gasteiger charge is 2.45. The SMILES string of the molecule is CO[C@H](/C(C)=C/C(C)C(C)(C)CS(N)(=O)=O)[C@@H]1CC[C@H]1CN1C[C@@]2(CCCc3cc(Cl)ccc32)COc2ccc(C(=O)O)cc21. The van der Waals surface area contributed by atoms with Gasteiger partial charge < -0.3 is 19.5 Å². The predicted molar refractivity (Wildman–Crippen MR) is 179 cm³/mol. The monoisotopic (exact) mass is 658 g/mol. The molecule has 0 saturated heterocycles. The van der Waals surface area contributed by atoms with Gasteiger partial charge in [-0.1, -0.05) is 44.5 Å². The Hall–Kier alpha value is -2.59. The smallest absolute Gasteiger partial charge is 0.335 e. The first-order chi connectivity index (χ1) is 21.1. The number of hydrogen-bond donors (Lipinski definition) is 2. The number of hydrogen-bond acceptors (Lipinski definition) is 6. The third-order valence-corrected chi connectivity index (χ3v) is 12.0. The molecule has 2 aromatic carbocycles. The van der Waals surface area contributed by atoms with E-state index >= 15 is 0 Å². The van der Waals surface area contributed by atoms with Crippen molar-refractivity contribution in [3.63, 3.8) is 0 Å². The summed E-state index contributed by atoms with van der Waals surface area (Å²) in [6.45, 7) is 9.93. The van der Waals surface area contributed by atoms with E-state index in [9.17, 15) is 18.3 Å². The van der Waals surface area contributed by atoms with Crippen LogP contribution >= 0.6 is 11.6 Å². The van der Waals surface area contributed by atoms with Crippen LogP contribution < -0.4 is 14.8 Å². The van der Waals surface area contributed by atoms with Crippen molar-refractivity contribution in [3.8, 4) is 5.75 Å². The van der Waals surface area contributed by atoms with Crippen LogP contribution in [0.2, 0.25) is 5.02 Å². The fourth-order valence-electron chi connectivity index (χ4n) is 7.81. The lowest BCUT2D eigenvalue weighted by Gasteiger charge is -2.46. The lowest BCUT2D eigenvalue weighted by Crippen LogP contribution is -2.50. The Bertz CT molecular complexity index is 1570. The lowest BCUT2D eigenvalue weighted by atomic mass is 9.67. The molecule has 1 fully saturated rings. The third kappa shape index (κ3) is 7.22. The largest absolute Gasteiger partial charge is 0.490 e. The number of aryl methyl sites for hydroxylation is 1. The van der Waals surface area contributed by atoms with Crippen molar-refractivity contribution in [1.82, 2.24) is 0 Å². The number of primary sulfonamides is 1. The van der Waals surface area contributed by atoms with Crippen LogP contribution in [0.4, 0.5) is 5.69 Å². The molecule has 3 aliphatic rings. The molecule has 0 aromatic heterocycles. The minimum absolute atomic E-state index is 0.0317. The van der Waals surface area contributed by atoms with Crippen LogP contribution in [0.25, 0.3) is 0 Å². The Kier molecular flexibility index (Phi) is 9.68. The van der Waals surface area contributed by atoms with Gasteiger partial charge in [0.1, 0.15) is 5.75 Å². The van der Waals surface area contributed by atoms with Crippen molar-refractivity contribution in [2.45, 2.75) is 71.3 Å².